The summed E-state index contributed by atoms with van der Waals surface area (Å²) in [6.07, 6.45) is -1.05. The number of carboxylic acid groups (broad SMARTS) is 6. The molecule has 0 radical (unpaired) electrons. The van der Waals surface area contributed by atoms with Crippen molar-refractivity contribution in [3.8, 4) is 0 Å². The third kappa shape index (κ3) is 36.7. The van der Waals surface area contributed by atoms with Crippen LogP contribution in [0.25, 0.3) is 0 Å². The predicted octanol–water partition coefficient (Wildman–Crippen LogP) is -13.7. The maximum absolute atomic E-state index is 12.4. The van der Waals surface area contributed by atoms with Gasteiger partial charge in [0.1, 0.15) is 114 Å². The summed E-state index contributed by atoms with van der Waals surface area (Å²) in [5.74, 6) is -17.8. The van der Waals surface area contributed by atoms with E-state index in [0.29, 0.717) is 54.8 Å². The molecule has 66 heteroatoms. The van der Waals surface area contributed by atoms with Crippen molar-refractivity contribution in [3.05, 3.63) is 189 Å². The summed E-state index contributed by atoms with van der Waals surface area (Å²) < 4.78 is 39.2. The van der Waals surface area contributed by atoms with Gasteiger partial charge in [0, 0.05) is 6.54 Å². The number of hydrogen-bond donors (Lipinski definition) is 6. The number of hydrogen-bond acceptors (Lipinski definition) is 42. The molecule has 0 atom stereocenters. The lowest BCUT2D eigenvalue weighted by Crippen LogP contribution is -2.56. The molecule has 0 saturated heterocycles. The number of esters is 7. The Hall–Kier alpha value is -17.7. The Morgan fingerprint density at radius 2 is 0.380 bits per heavy atom. The van der Waals surface area contributed by atoms with E-state index in [1.54, 1.807) is 62.3 Å². The van der Waals surface area contributed by atoms with E-state index < -0.39 is 332 Å². The van der Waals surface area contributed by atoms with Gasteiger partial charge >= 0.3 is 180 Å². The Morgan fingerprint density at radius 1 is 0.232 bits per heavy atom. The highest BCUT2D eigenvalue weighted by Gasteiger charge is 2.30. The van der Waals surface area contributed by atoms with Gasteiger partial charge in [-0.25, -0.2) is 169 Å². The van der Waals surface area contributed by atoms with E-state index in [9.17, 15) is 168 Å². The van der Waals surface area contributed by atoms with Crippen LogP contribution in [0.3, 0.4) is 0 Å². The fraction of sp³-hybridized carbons (Fsp3) is 0.539. The average molecular weight is 2030 g/mol. The summed E-state index contributed by atoms with van der Waals surface area (Å²) in [6, 6.07) is 0. The molecule has 6 heterocycles. The van der Waals surface area contributed by atoms with E-state index in [1.165, 1.54) is 20.8 Å². The number of ketones is 4. The van der Waals surface area contributed by atoms with Crippen molar-refractivity contribution in [2.75, 3.05) is 27.4 Å². The lowest BCUT2D eigenvalue weighted by molar-refractivity contribution is -0.156. The zero-order valence-electron chi connectivity index (χ0n) is 78.8. The highest BCUT2D eigenvalue weighted by Crippen LogP contribution is 2.07. The number of rotatable bonds is 40. The third-order valence-corrected chi connectivity index (χ3v) is 16.4. The van der Waals surface area contributed by atoms with Crippen molar-refractivity contribution >= 4 is 101 Å². The number of carbonyl (C=O) groups is 17. The van der Waals surface area contributed by atoms with Crippen LogP contribution in [-0.4, -0.2) is 259 Å². The summed E-state index contributed by atoms with van der Waals surface area (Å²) >= 11 is 0. The molecule has 0 fully saturated rings. The Balaban J connectivity index is 0.000000854. The average Bonchev–Trinajstić information content (AvgIpc) is 0.745. The molecule has 0 amide bonds. The van der Waals surface area contributed by atoms with Crippen molar-refractivity contribution < 1.29 is 145 Å². The van der Waals surface area contributed by atoms with Gasteiger partial charge in [-0.1, -0.05) is 13.8 Å². The van der Waals surface area contributed by atoms with E-state index >= 15 is 0 Å². The van der Waals surface area contributed by atoms with Crippen LogP contribution in [0.15, 0.2) is 86.3 Å². The van der Waals surface area contributed by atoms with Crippen molar-refractivity contribution in [1.82, 2.24) is 82.2 Å². The summed E-state index contributed by atoms with van der Waals surface area (Å²) in [6.45, 7) is 7.75. The molecule has 6 rings (SSSR count). The fourth-order valence-electron chi connectivity index (χ4n) is 11.0. The van der Waals surface area contributed by atoms with E-state index in [1.807, 2.05) is 0 Å². The first-order valence-electron chi connectivity index (χ1n) is 40.5. The van der Waals surface area contributed by atoms with Gasteiger partial charge < -0.3 is 63.8 Å². The van der Waals surface area contributed by atoms with Crippen LogP contribution in [0.5, 0.6) is 0 Å². The quantitative estimate of drug-likeness (QED) is 0.0154. The molecule has 6 N–H and O–H groups in total. The minimum Gasteiger partial charge on any atom is -0.480 e. The highest BCUT2D eigenvalue weighted by atomic mass is 16.6. The number of methoxy groups -OCH3 is 2. The molecule has 0 aliphatic rings. The first-order chi connectivity index (χ1) is 65.5. The zero-order valence-corrected chi connectivity index (χ0v) is 78.8. The molecule has 6 aromatic heterocycles. The van der Waals surface area contributed by atoms with Gasteiger partial charge in [-0.3, -0.25) is 81.5 Å². The number of Topliss-reactive ketones (excluding diaryl/α,β-unsaturated/α-hetero) is 4. The standard InChI is InChI=1S/C15H21N3O9.2C14H19N3O8.C12H17N3O6.C11H13N3O9.C10H11N3O8/c1-8(2)26-11(21)6-17-13(23)16(5-10(19)20)14(24)18(15(17)25)7-12(22)27-9(3)4;1-8(18)5-15-11(22)16(6-9(19)20)13(24)17(12(15)23)7-10(21)25-14(2,3)4;1-4-24-10(19)7-16-12(21)15(6-9(3)18)13(22)17(14(16)23)8-11(20)25-5-2;1-7(2)4-13-10(19)14(5-8(3)16)12(21)15(11(13)20)6-9(17)18;1-22-7(17)4-13-9(19)12(3-6(15)16)10(20)14(11(13)21)5-8(18)23-2;1-5(14)2-11-8(19)12(3-6(15)16)10(21)13(9(11)20)4-7(17)18/h8-9H,5-7H2,1-4H3,(H,19,20);5-7H2,1-4H3,(H,19,20);4-8H2,1-3H3;7H,4-6H2,1-3H3,(H,17,18);3-5H2,1-2H3,(H,15,16);2-4H2,1H3,(H,15,16)(H,17,18). The Kier molecular flexibility index (Phi) is 47.2. The van der Waals surface area contributed by atoms with Crippen LogP contribution in [0.2, 0.25) is 0 Å². The Morgan fingerprint density at radius 3 is 0.521 bits per heavy atom. The summed E-state index contributed by atoms with van der Waals surface area (Å²) in [5, 5.41) is 52.5. The van der Waals surface area contributed by atoms with E-state index in [0.717, 1.165) is 39.6 Å². The molecule has 66 nitrogen and oxygen atoms in total. The minimum atomic E-state index is -1.54. The first kappa shape index (κ1) is 122. The van der Waals surface area contributed by atoms with Crippen LogP contribution in [0.1, 0.15) is 104 Å². The number of carbonyl (C=O) groups excluding carboxylic acids is 11. The van der Waals surface area contributed by atoms with Gasteiger partial charge in [0.15, 0.2) is 0 Å². The monoisotopic (exact) mass is 2030 g/mol. The Labute approximate surface area is 787 Å². The zero-order chi connectivity index (χ0) is 110. The maximum atomic E-state index is 12.4. The lowest BCUT2D eigenvalue weighted by Gasteiger charge is -2.20. The molecular weight excluding hydrogens is 1930 g/mol. The molecule has 0 aromatic carbocycles. The van der Waals surface area contributed by atoms with Gasteiger partial charge in [-0.2, -0.15) is 0 Å². The van der Waals surface area contributed by atoms with Crippen LogP contribution in [0.4, 0.5) is 0 Å². The van der Waals surface area contributed by atoms with Crippen LogP contribution < -0.4 is 102 Å². The number of aromatic nitrogens is 18. The van der Waals surface area contributed by atoms with E-state index in [-0.39, 0.29) is 48.5 Å². The van der Waals surface area contributed by atoms with E-state index in [2.05, 4.69) is 18.9 Å². The first-order valence-corrected chi connectivity index (χ1v) is 40.5. The second kappa shape index (κ2) is 54.9. The molecule has 0 saturated carbocycles. The highest BCUT2D eigenvalue weighted by molar-refractivity contribution is 5.77. The van der Waals surface area contributed by atoms with E-state index in [4.69, 9.17) is 44.8 Å². The third-order valence-electron chi connectivity index (χ3n) is 16.4. The van der Waals surface area contributed by atoms with Gasteiger partial charge in [0.25, 0.3) is 0 Å². The number of aliphatic carboxylic acids is 6. The number of ether oxygens (including phenoxy) is 7. The van der Waals surface area contributed by atoms with Gasteiger partial charge in [-0.05, 0) is 95.9 Å². The molecule has 0 bridgehead atoms. The van der Waals surface area contributed by atoms with Crippen molar-refractivity contribution in [2.45, 2.75) is 239 Å². The van der Waals surface area contributed by atoms with Gasteiger partial charge in [0.2, 0.25) is 0 Å². The summed E-state index contributed by atoms with van der Waals surface area (Å²) in [5.41, 5.74) is -22.7. The number of nitrogens with zero attached hydrogens (tertiary/aromatic N) is 18. The Bertz CT molecular complexity index is 6700. The van der Waals surface area contributed by atoms with Crippen LogP contribution >= 0.6 is 0 Å². The smallest absolute Gasteiger partial charge is 0.337 e. The molecule has 6 aromatic rings. The normalized spacial score (nSPS) is 10.6. The molecule has 0 unspecified atom stereocenters. The lowest BCUT2D eigenvalue weighted by atomic mass is 10.2. The number of carboxylic acids is 6. The molecule has 782 valence electrons. The molecule has 0 aliphatic carbocycles. The fourth-order valence-corrected chi connectivity index (χ4v) is 11.0. The molecule has 0 spiro atoms. The second-order valence-corrected chi connectivity index (χ2v) is 30.7. The van der Waals surface area contributed by atoms with Gasteiger partial charge in [-0.15, -0.1) is 0 Å². The SMILES string of the molecule is CC(=O)Cn1c(=O)n(CC(=O)O)c(=O)n(CC(=O)O)c1=O.CC(=O)Cn1c(=O)n(CC(=O)O)c(=O)n(CC(=O)OC(C)(C)C)c1=O.CC(=O)Cn1c(=O)n(CC(=O)O)c(=O)n(CC(C)C)c1=O.CC(C)OC(=O)Cn1c(=O)n(CC(=O)O)c(=O)n(CC(=O)OC(C)C)c1=O.CCOC(=O)Cn1c(=O)n(CC(C)=O)c(=O)n(CC(=O)OCC)c1=O.COC(=O)Cn1c(=O)n(CC(=O)O)c(=O)n(CC(=O)OC)c1=O. The maximum Gasteiger partial charge on any atom is 0.337 e. The van der Waals surface area contributed by atoms with Gasteiger partial charge in [0.05, 0.1) is 65.8 Å². The van der Waals surface area contributed by atoms with Crippen molar-refractivity contribution in [1.29, 1.82) is 0 Å². The topological polar surface area (TPSA) is 872 Å². The molecule has 142 heavy (non-hydrogen) atoms. The largest absolute Gasteiger partial charge is 0.480 e. The minimum absolute atomic E-state index is 0.0233. The molecule has 0 aliphatic heterocycles. The van der Waals surface area contributed by atoms with Crippen molar-refractivity contribution in [2.24, 2.45) is 5.92 Å². The van der Waals surface area contributed by atoms with Crippen LogP contribution in [0, 0.1) is 5.92 Å². The predicted molar refractivity (Wildman–Crippen MR) is 464 cm³/mol. The van der Waals surface area contributed by atoms with Crippen LogP contribution in [-0.2, 0) is 232 Å². The van der Waals surface area contributed by atoms with Crippen molar-refractivity contribution in [3.63, 3.8) is 0 Å². The second-order valence-electron chi connectivity index (χ2n) is 30.7. The summed E-state index contributed by atoms with van der Waals surface area (Å²) in [7, 11) is 2.02. The summed E-state index contributed by atoms with van der Waals surface area (Å²) in [4.78, 5) is 409. The molecular formula is C76H100N18O48.